The average Bonchev–Trinajstić information content (AvgIpc) is 2.89. The number of benzene rings is 1. The first-order valence-corrected chi connectivity index (χ1v) is 10.3. The van der Waals surface area contributed by atoms with Crippen LogP contribution in [0.5, 0.6) is 0 Å². The zero-order valence-electron chi connectivity index (χ0n) is 18.7. The van der Waals surface area contributed by atoms with Crippen LogP contribution in [0.3, 0.4) is 0 Å². The Kier molecular flexibility index (Phi) is 8.45. The molecule has 2 amide bonds. The van der Waals surface area contributed by atoms with E-state index < -0.39 is 42.3 Å². The molecule has 0 aromatic heterocycles. The minimum Gasteiger partial charge on any atom is -0.465 e. The highest BCUT2D eigenvalue weighted by molar-refractivity contribution is 6.48. The molecule has 1 saturated heterocycles. The molecule has 1 aromatic carbocycles. The molecule has 8 nitrogen and oxygen atoms in total. The Labute approximate surface area is 183 Å². The number of carbonyl (C=O) groups is 2. The van der Waals surface area contributed by atoms with Gasteiger partial charge in [0.25, 0.3) is 0 Å². The summed E-state index contributed by atoms with van der Waals surface area (Å²) in [6, 6.07) is 5.21. The fraction of sp³-hybridized carbons (Fsp3) is 0.619. The summed E-state index contributed by atoms with van der Waals surface area (Å²) in [7, 11) is 0.688. The molecule has 10 heteroatoms. The van der Waals surface area contributed by atoms with Crippen LogP contribution in [0.4, 0.5) is 9.18 Å². The van der Waals surface area contributed by atoms with Gasteiger partial charge in [-0.1, -0.05) is 12.1 Å². The van der Waals surface area contributed by atoms with Gasteiger partial charge in [-0.05, 0) is 64.7 Å². The molecule has 0 spiro atoms. The number of nitrogens with one attached hydrogen (secondary N) is 2. The van der Waals surface area contributed by atoms with Crippen LogP contribution in [0, 0.1) is 5.82 Å². The molecular formula is C21H32BFN2O6. The van der Waals surface area contributed by atoms with Crippen molar-refractivity contribution < 1.29 is 33.1 Å². The predicted molar refractivity (Wildman–Crippen MR) is 114 cm³/mol. The van der Waals surface area contributed by atoms with Gasteiger partial charge in [-0.15, -0.1) is 0 Å². The van der Waals surface area contributed by atoms with E-state index in [2.05, 4.69) is 10.6 Å². The van der Waals surface area contributed by atoms with Crippen LogP contribution in [-0.2, 0) is 25.3 Å². The Bertz CT molecular complexity index is 743. The second kappa shape index (κ2) is 10.4. The Hall–Kier alpha value is -2.17. The molecule has 2 rings (SSSR count). The lowest BCUT2D eigenvalue weighted by Crippen LogP contribution is -2.55. The van der Waals surface area contributed by atoms with Crippen LogP contribution < -0.4 is 10.6 Å². The number of ether oxygens (including phenoxy) is 1. The van der Waals surface area contributed by atoms with E-state index >= 15 is 0 Å². The van der Waals surface area contributed by atoms with Gasteiger partial charge in [-0.2, -0.15) is 0 Å². The van der Waals surface area contributed by atoms with Crippen LogP contribution >= 0.6 is 0 Å². The van der Waals surface area contributed by atoms with Gasteiger partial charge < -0.3 is 29.8 Å². The third kappa shape index (κ3) is 6.91. The van der Waals surface area contributed by atoms with E-state index in [0.717, 1.165) is 5.56 Å². The standard InChI is InChI=1S/C21H32BFN2O6/c1-20(2)21(3,4)31-22(30-20)17(8-6-7-14-9-11-15(23)12-10-14)25-18(26)16(13-29-5)24-19(27)28/h9-12,16-17,24H,6-8,13H2,1-5H3,(H,25,26)(H,27,28). The second-order valence-electron chi connectivity index (χ2n) is 8.72. The molecule has 2 unspecified atom stereocenters. The van der Waals surface area contributed by atoms with Gasteiger partial charge in [0.1, 0.15) is 11.9 Å². The monoisotopic (exact) mass is 438 g/mol. The molecular weight excluding hydrogens is 406 g/mol. The zero-order chi connectivity index (χ0) is 23.2. The number of hydrogen-bond donors (Lipinski definition) is 3. The summed E-state index contributed by atoms with van der Waals surface area (Å²) in [5.41, 5.74) is -0.184. The molecule has 1 aliphatic rings. The molecule has 31 heavy (non-hydrogen) atoms. The van der Waals surface area contributed by atoms with Crippen molar-refractivity contribution in [1.82, 2.24) is 10.6 Å². The third-order valence-corrected chi connectivity index (χ3v) is 5.77. The van der Waals surface area contributed by atoms with E-state index in [1.54, 1.807) is 12.1 Å². The van der Waals surface area contributed by atoms with Gasteiger partial charge in [-0.25, -0.2) is 9.18 Å². The molecule has 1 heterocycles. The van der Waals surface area contributed by atoms with Gasteiger partial charge in [0.05, 0.1) is 23.8 Å². The molecule has 3 N–H and O–H groups in total. The summed E-state index contributed by atoms with van der Waals surface area (Å²) in [4.78, 5) is 23.8. The predicted octanol–water partition coefficient (Wildman–Crippen LogP) is 2.55. The van der Waals surface area contributed by atoms with E-state index in [1.807, 2.05) is 27.7 Å². The largest absolute Gasteiger partial charge is 0.481 e. The summed E-state index contributed by atoms with van der Waals surface area (Å²) >= 11 is 0. The van der Waals surface area contributed by atoms with E-state index in [9.17, 15) is 14.0 Å². The SMILES string of the molecule is COCC(NC(=O)O)C(=O)NC(CCCc1ccc(F)cc1)B1OC(C)(C)C(C)(C)O1. The zero-order valence-corrected chi connectivity index (χ0v) is 18.7. The van der Waals surface area contributed by atoms with Crippen molar-refractivity contribution in [2.24, 2.45) is 0 Å². The van der Waals surface area contributed by atoms with Crippen molar-refractivity contribution in [2.45, 2.75) is 70.1 Å². The van der Waals surface area contributed by atoms with Crippen LogP contribution in [0.25, 0.3) is 0 Å². The molecule has 1 aromatic rings. The van der Waals surface area contributed by atoms with Gasteiger partial charge in [0, 0.05) is 7.11 Å². The molecule has 2 atom stereocenters. The van der Waals surface area contributed by atoms with Crippen molar-refractivity contribution in [3.63, 3.8) is 0 Å². The van der Waals surface area contributed by atoms with E-state index in [-0.39, 0.29) is 12.4 Å². The van der Waals surface area contributed by atoms with Crippen molar-refractivity contribution >= 4 is 19.1 Å². The Morgan fingerprint density at radius 1 is 1.13 bits per heavy atom. The molecule has 0 aliphatic carbocycles. The van der Waals surface area contributed by atoms with E-state index in [0.29, 0.717) is 19.3 Å². The van der Waals surface area contributed by atoms with Crippen LogP contribution in [-0.4, -0.2) is 61.1 Å². The van der Waals surface area contributed by atoms with E-state index in [4.69, 9.17) is 19.2 Å². The Balaban J connectivity index is 2.10. The summed E-state index contributed by atoms with van der Waals surface area (Å²) < 4.78 is 30.3. The van der Waals surface area contributed by atoms with Gasteiger partial charge in [0.2, 0.25) is 5.91 Å². The van der Waals surface area contributed by atoms with Gasteiger partial charge in [-0.3, -0.25) is 4.79 Å². The normalized spacial score (nSPS) is 19.0. The maximum Gasteiger partial charge on any atom is 0.481 e. The summed E-state index contributed by atoms with van der Waals surface area (Å²) in [5.74, 6) is -1.32. The van der Waals surface area contributed by atoms with Crippen LogP contribution in [0.15, 0.2) is 24.3 Å². The third-order valence-electron chi connectivity index (χ3n) is 5.77. The number of carbonyl (C=O) groups excluding carboxylic acids is 1. The number of rotatable bonds is 10. The number of hydrogen-bond acceptors (Lipinski definition) is 5. The first-order chi connectivity index (χ1) is 14.4. The lowest BCUT2D eigenvalue weighted by atomic mass is 9.75. The Morgan fingerprint density at radius 3 is 2.23 bits per heavy atom. The highest BCUT2D eigenvalue weighted by atomic mass is 19.1. The number of methoxy groups -OCH3 is 1. The highest BCUT2D eigenvalue weighted by Crippen LogP contribution is 2.38. The molecule has 1 fully saturated rings. The maximum atomic E-state index is 13.1. The van der Waals surface area contributed by atoms with Gasteiger partial charge in [0.15, 0.2) is 0 Å². The summed E-state index contributed by atoms with van der Waals surface area (Å²) in [6.45, 7) is 7.58. The topological polar surface area (TPSA) is 106 Å². The van der Waals surface area contributed by atoms with Crippen molar-refractivity contribution in [1.29, 1.82) is 0 Å². The second-order valence-corrected chi connectivity index (χ2v) is 8.72. The van der Waals surface area contributed by atoms with Crippen LogP contribution in [0.2, 0.25) is 0 Å². The first kappa shape index (κ1) is 25.1. The fourth-order valence-electron chi connectivity index (χ4n) is 3.29. The number of halogens is 1. The van der Waals surface area contributed by atoms with Crippen molar-refractivity contribution in [3.05, 3.63) is 35.6 Å². The minimum absolute atomic E-state index is 0.107. The maximum absolute atomic E-state index is 13.1. The number of aryl methyl sites for hydroxylation is 1. The number of carboxylic acid groups (broad SMARTS) is 1. The highest BCUT2D eigenvalue weighted by Gasteiger charge is 2.54. The molecule has 0 bridgehead atoms. The fourth-order valence-corrected chi connectivity index (χ4v) is 3.29. The molecule has 172 valence electrons. The first-order valence-electron chi connectivity index (χ1n) is 10.3. The lowest BCUT2D eigenvalue weighted by Gasteiger charge is -2.32. The number of amides is 2. The van der Waals surface area contributed by atoms with E-state index in [1.165, 1.54) is 19.2 Å². The molecule has 0 saturated carbocycles. The quantitative estimate of drug-likeness (QED) is 0.485. The average molecular weight is 438 g/mol. The van der Waals surface area contributed by atoms with Gasteiger partial charge >= 0.3 is 13.2 Å². The van der Waals surface area contributed by atoms with Crippen molar-refractivity contribution in [2.75, 3.05) is 13.7 Å². The summed E-state index contributed by atoms with van der Waals surface area (Å²) in [6.07, 6.45) is 0.566. The smallest absolute Gasteiger partial charge is 0.465 e. The van der Waals surface area contributed by atoms with Crippen molar-refractivity contribution in [3.8, 4) is 0 Å². The van der Waals surface area contributed by atoms with Crippen LogP contribution in [0.1, 0.15) is 46.1 Å². The lowest BCUT2D eigenvalue weighted by molar-refractivity contribution is -0.124. The minimum atomic E-state index is -1.32. The molecule has 1 aliphatic heterocycles. The Morgan fingerprint density at radius 2 is 1.71 bits per heavy atom. The summed E-state index contributed by atoms with van der Waals surface area (Å²) in [5, 5.41) is 14.0. The molecule has 0 radical (unpaired) electrons.